The number of carbonyl (C=O) groups excluding carboxylic acids is 1. The van der Waals surface area contributed by atoms with Crippen LogP contribution < -0.4 is 10.2 Å². The Hall–Kier alpha value is -0.970. The number of carbonyl (C=O) groups is 1. The first-order valence-electron chi connectivity index (χ1n) is 6.39. The number of rotatable bonds is 6. The Labute approximate surface area is 139 Å². The minimum atomic E-state index is -0.375. The van der Waals surface area contributed by atoms with Crippen molar-refractivity contribution >= 4 is 46.4 Å². The van der Waals surface area contributed by atoms with E-state index in [1.54, 1.807) is 0 Å². The van der Waals surface area contributed by atoms with Crippen LogP contribution in [0.5, 0.6) is 5.75 Å². The largest absolute Gasteiger partial charge is 0.482 e. The maximum atomic E-state index is 11.6. The zero-order valence-corrected chi connectivity index (χ0v) is 14.3. The highest BCUT2D eigenvalue weighted by Gasteiger charge is 2.09. The van der Waals surface area contributed by atoms with E-state index in [1.807, 2.05) is 6.92 Å². The van der Waals surface area contributed by atoms with E-state index in [0.717, 1.165) is 12.1 Å². The fraction of sp³-hybridized carbons (Fsp3) is 0.429. The van der Waals surface area contributed by atoms with Gasteiger partial charge < -0.3 is 4.74 Å². The normalized spacial score (nSPS) is 11.7. The summed E-state index contributed by atoms with van der Waals surface area (Å²) in [6.45, 7) is 5.81. The van der Waals surface area contributed by atoms with Gasteiger partial charge >= 0.3 is 0 Å². The quantitative estimate of drug-likeness (QED) is 0.464. The number of nitrogens with zero attached hydrogens (tertiary/aromatic N) is 1. The number of ether oxygens (including phenoxy) is 1. The molecule has 0 atom stereocenters. The summed E-state index contributed by atoms with van der Waals surface area (Å²) in [5, 5.41) is 4.91. The zero-order valence-electron chi connectivity index (χ0n) is 12.0. The van der Waals surface area contributed by atoms with Crippen LogP contribution in [0.2, 0.25) is 15.1 Å². The van der Waals surface area contributed by atoms with Crippen LogP contribution >= 0.6 is 34.8 Å². The lowest BCUT2D eigenvalue weighted by Gasteiger charge is -2.09. The van der Waals surface area contributed by atoms with Gasteiger partial charge in [0.05, 0.1) is 15.1 Å². The van der Waals surface area contributed by atoms with Crippen LogP contribution in [0, 0.1) is 5.92 Å². The molecule has 0 aliphatic carbocycles. The summed E-state index contributed by atoms with van der Waals surface area (Å²) < 4.78 is 5.29. The summed E-state index contributed by atoms with van der Waals surface area (Å²) in [6.07, 6.45) is 0.819. The van der Waals surface area contributed by atoms with Gasteiger partial charge in [-0.15, -0.1) is 0 Å². The summed E-state index contributed by atoms with van der Waals surface area (Å²) in [4.78, 5) is 11.6. The van der Waals surface area contributed by atoms with Crippen molar-refractivity contribution < 1.29 is 9.53 Å². The third-order valence-corrected chi connectivity index (χ3v) is 3.43. The SMILES string of the molecule is C/C(CC(C)C)=N\NC(=O)COc1cc(Cl)c(Cl)cc1Cl. The molecule has 4 nitrogen and oxygen atoms in total. The van der Waals surface area contributed by atoms with Crippen molar-refractivity contribution in [2.24, 2.45) is 11.0 Å². The minimum absolute atomic E-state index is 0.212. The lowest BCUT2D eigenvalue weighted by atomic mass is 10.1. The number of halogens is 3. The van der Waals surface area contributed by atoms with Crippen molar-refractivity contribution in [1.29, 1.82) is 0 Å². The van der Waals surface area contributed by atoms with Gasteiger partial charge in [-0.2, -0.15) is 5.10 Å². The molecule has 7 heteroatoms. The van der Waals surface area contributed by atoms with Gasteiger partial charge in [0, 0.05) is 11.8 Å². The molecule has 0 bridgehead atoms. The highest BCUT2D eigenvalue weighted by molar-refractivity contribution is 6.43. The molecule has 0 unspecified atom stereocenters. The van der Waals surface area contributed by atoms with Crippen molar-refractivity contribution in [1.82, 2.24) is 5.43 Å². The number of amides is 1. The second kappa shape index (κ2) is 8.47. The fourth-order valence-electron chi connectivity index (χ4n) is 1.58. The van der Waals surface area contributed by atoms with E-state index in [9.17, 15) is 4.79 Å². The first-order valence-corrected chi connectivity index (χ1v) is 7.52. The molecule has 1 rings (SSSR count). The molecule has 1 aromatic carbocycles. The van der Waals surface area contributed by atoms with Gasteiger partial charge in [0.1, 0.15) is 5.75 Å². The zero-order chi connectivity index (χ0) is 16.0. The predicted octanol–water partition coefficient (Wildman–Crippen LogP) is 4.56. The van der Waals surface area contributed by atoms with E-state index in [0.29, 0.717) is 21.7 Å². The topological polar surface area (TPSA) is 50.7 Å². The van der Waals surface area contributed by atoms with Gasteiger partial charge in [-0.3, -0.25) is 4.79 Å². The number of hydrogen-bond donors (Lipinski definition) is 1. The number of hydrazone groups is 1. The van der Waals surface area contributed by atoms with Crippen molar-refractivity contribution in [3.05, 3.63) is 27.2 Å². The molecule has 116 valence electrons. The van der Waals surface area contributed by atoms with Crippen LogP contribution in [0.15, 0.2) is 17.2 Å². The third-order valence-electron chi connectivity index (χ3n) is 2.41. The van der Waals surface area contributed by atoms with Crippen molar-refractivity contribution in [2.45, 2.75) is 27.2 Å². The van der Waals surface area contributed by atoms with Crippen molar-refractivity contribution in [2.75, 3.05) is 6.61 Å². The van der Waals surface area contributed by atoms with Gasteiger partial charge in [0.2, 0.25) is 0 Å². The molecular weight excluding hydrogens is 335 g/mol. The molecule has 1 amide bonds. The monoisotopic (exact) mass is 350 g/mol. The Kier molecular flexibility index (Phi) is 7.29. The van der Waals surface area contributed by atoms with E-state index < -0.39 is 0 Å². The second-order valence-electron chi connectivity index (χ2n) is 4.97. The minimum Gasteiger partial charge on any atom is -0.482 e. The molecule has 0 saturated carbocycles. The number of nitrogens with one attached hydrogen (secondary N) is 1. The van der Waals surface area contributed by atoms with Gasteiger partial charge in [0.25, 0.3) is 5.91 Å². The van der Waals surface area contributed by atoms with Crippen molar-refractivity contribution in [3.8, 4) is 5.75 Å². The Balaban J connectivity index is 2.52. The lowest BCUT2D eigenvalue weighted by molar-refractivity contribution is -0.123. The van der Waals surface area contributed by atoms with E-state index in [4.69, 9.17) is 39.5 Å². The molecular formula is C14H17Cl3N2O2. The second-order valence-corrected chi connectivity index (χ2v) is 6.19. The Bertz CT molecular complexity index is 545. The average Bonchev–Trinajstić information content (AvgIpc) is 2.38. The van der Waals surface area contributed by atoms with Crippen LogP contribution in [-0.4, -0.2) is 18.2 Å². The molecule has 1 N–H and O–H groups in total. The van der Waals surface area contributed by atoms with Crippen LogP contribution in [0.3, 0.4) is 0 Å². The fourth-order valence-corrected chi connectivity index (χ4v) is 2.18. The Morgan fingerprint density at radius 2 is 1.86 bits per heavy atom. The van der Waals surface area contributed by atoms with E-state index in [1.165, 1.54) is 12.1 Å². The molecule has 0 heterocycles. The number of benzene rings is 1. The summed E-state index contributed by atoms with van der Waals surface area (Å²) in [6, 6.07) is 2.93. The highest BCUT2D eigenvalue weighted by atomic mass is 35.5. The standard InChI is InChI=1S/C14H17Cl3N2O2/c1-8(2)4-9(3)18-19-14(20)7-21-13-6-11(16)10(15)5-12(13)17/h5-6,8H,4,7H2,1-3H3,(H,19,20)/b18-9+. The van der Waals surface area contributed by atoms with E-state index in [-0.39, 0.29) is 17.5 Å². The molecule has 0 aliphatic rings. The van der Waals surface area contributed by atoms with Crippen LogP contribution in [0.25, 0.3) is 0 Å². The molecule has 0 fully saturated rings. The molecule has 21 heavy (non-hydrogen) atoms. The molecule has 0 aromatic heterocycles. The van der Waals surface area contributed by atoms with Crippen LogP contribution in [-0.2, 0) is 4.79 Å². The highest BCUT2D eigenvalue weighted by Crippen LogP contribution is 2.33. The molecule has 0 radical (unpaired) electrons. The lowest BCUT2D eigenvalue weighted by Crippen LogP contribution is -2.25. The van der Waals surface area contributed by atoms with Crippen LogP contribution in [0.1, 0.15) is 27.2 Å². The van der Waals surface area contributed by atoms with Crippen molar-refractivity contribution in [3.63, 3.8) is 0 Å². The van der Waals surface area contributed by atoms with Gasteiger partial charge in [-0.25, -0.2) is 5.43 Å². The maximum absolute atomic E-state index is 11.6. The Morgan fingerprint density at radius 3 is 2.48 bits per heavy atom. The smallest absolute Gasteiger partial charge is 0.277 e. The third kappa shape index (κ3) is 6.55. The van der Waals surface area contributed by atoms with Gasteiger partial charge in [-0.1, -0.05) is 48.7 Å². The summed E-state index contributed by atoms with van der Waals surface area (Å²) >= 11 is 17.6. The van der Waals surface area contributed by atoms with E-state index in [2.05, 4.69) is 24.4 Å². The number of hydrogen-bond acceptors (Lipinski definition) is 3. The average molecular weight is 352 g/mol. The van der Waals surface area contributed by atoms with Crippen LogP contribution in [0.4, 0.5) is 0 Å². The van der Waals surface area contributed by atoms with E-state index >= 15 is 0 Å². The summed E-state index contributed by atoms with van der Waals surface area (Å²) in [5.74, 6) is 0.404. The van der Waals surface area contributed by atoms with Gasteiger partial charge in [-0.05, 0) is 25.3 Å². The Morgan fingerprint density at radius 1 is 1.24 bits per heavy atom. The first kappa shape index (κ1) is 18.1. The first-order chi connectivity index (χ1) is 9.79. The molecule has 0 spiro atoms. The summed E-state index contributed by atoms with van der Waals surface area (Å²) in [5.41, 5.74) is 3.28. The predicted molar refractivity (Wildman–Crippen MR) is 87.7 cm³/mol. The summed E-state index contributed by atoms with van der Waals surface area (Å²) in [7, 11) is 0. The maximum Gasteiger partial charge on any atom is 0.277 e. The molecule has 0 aliphatic heterocycles. The molecule has 1 aromatic rings. The molecule has 0 saturated heterocycles. The van der Waals surface area contributed by atoms with Gasteiger partial charge in [0.15, 0.2) is 6.61 Å².